The van der Waals surface area contributed by atoms with E-state index < -0.39 is 0 Å². The number of nitrogens with one attached hydrogen (secondary N) is 1. The Balaban J connectivity index is 1.71. The van der Waals surface area contributed by atoms with Crippen LogP contribution in [0.25, 0.3) is 0 Å². The molecule has 2 aromatic rings. The minimum Gasteiger partial charge on any atom is -0.497 e. The Hall–Kier alpha value is -2.90. The molecule has 0 radical (unpaired) electrons. The Labute approximate surface area is 134 Å². The van der Waals surface area contributed by atoms with Crippen LogP contribution in [0.1, 0.15) is 0 Å². The van der Waals surface area contributed by atoms with Crippen molar-refractivity contribution in [3.8, 4) is 5.75 Å². The lowest BCUT2D eigenvalue weighted by Gasteiger charge is -2.33. The summed E-state index contributed by atoms with van der Waals surface area (Å²) in [6, 6.07) is 7.52. The molecule has 1 amide bonds. The highest BCUT2D eigenvalue weighted by molar-refractivity contribution is 5.57. The Morgan fingerprint density at radius 3 is 2.83 bits per heavy atom. The van der Waals surface area contributed by atoms with Gasteiger partial charge in [-0.05, 0) is 12.1 Å². The summed E-state index contributed by atoms with van der Waals surface area (Å²) >= 11 is 0. The maximum atomic E-state index is 10.8. The molecule has 120 valence electrons. The van der Waals surface area contributed by atoms with Crippen LogP contribution in [0.4, 0.5) is 17.5 Å². The number of hydrogen-bond donors (Lipinski definition) is 1. The molecule has 0 aliphatic carbocycles. The summed E-state index contributed by atoms with van der Waals surface area (Å²) in [6.07, 6.45) is 2.51. The largest absolute Gasteiger partial charge is 0.497 e. The maximum Gasteiger partial charge on any atom is 0.249 e. The fourth-order valence-corrected chi connectivity index (χ4v) is 2.39. The summed E-state index contributed by atoms with van der Waals surface area (Å²) in [7, 11) is 1.62. The van der Waals surface area contributed by atoms with E-state index in [4.69, 9.17) is 4.74 Å². The molecule has 0 unspecified atom stereocenters. The predicted molar refractivity (Wildman–Crippen MR) is 86.0 cm³/mol. The van der Waals surface area contributed by atoms with Gasteiger partial charge < -0.3 is 19.9 Å². The molecule has 0 bridgehead atoms. The van der Waals surface area contributed by atoms with Crippen LogP contribution in [-0.2, 0) is 4.79 Å². The van der Waals surface area contributed by atoms with Crippen LogP contribution < -0.4 is 15.0 Å². The van der Waals surface area contributed by atoms with E-state index >= 15 is 0 Å². The number of rotatable bonds is 5. The number of nitrogens with zero attached hydrogens (tertiary/aromatic N) is 5. The average Bonchev–Trinajstić information content (AvgIpc) is 2.62. The van der Waals surface area contributed by atoms with Gasteiger partial charge in [0, 0.05) is 37.9 Å². The van der Waals surface area contributed by atoms with Gasteiger partial charge in [0.2, 0.25) is 12.4 Å². The highest BCUT2D eigenvalue weighted by Crippen LogP contribution is 2.20. The third-order valence-corrected chi connectivity index (χ3v) is 3.66. The molecular formula is C15H18N6O2. The highest BCUT2D eigenvalue weighted by atomic mass is 16.5. The number of aromatic nitrogens is 3. The first-order chi connectivity index (χ1) is 11.3. The van der Waals surface area contributed by atoms with Gasteiger partial charge in [0.15, 0.2) is 5.82 Å². The van der Waals surface area contributed by atoms with E-state index in [1.54, 1.807) is 18.2 Å². The van der Waals surface area contributed by atoms with Crippen LogP contribution in [0.3, 0.4) is 0 Å². The predicted octanol–water partition coefficient (Wildman–Crippen LogP) is 0.902. The van der Waals surface area contributed by atoms with Crippen LogP contribution in [-0.4, -0.2) is 59.8 Å². The van der Waals surface area contributed by atoms with Gasteiger partial charge in [-0.15, -0.1) is 5.10 Å². The normalized spacial score (nSPS) is 14.5. The SMILES string of the molecule is COc1cccc(Nc2nncc(N3CCN(C=O)CC3)n2)c1. The molecule has 3 rings (SSSR count). The second-order valence-electron chi connectivity index (χ2n) is 5.12. The molecule has 1 aromatic heterocycles. The summed E-state index contributed by atoms with van der Waals surface area (Å²) in [5.41, 5.74) is 0.828. The smallest absolute Gasteiger partial charge is 0.249 e. The molecule has 0 atom stereocenters. The van der Waals surface area contributed by atoms with Gasteiger partial charge in [-0.1, -0.05) is 6.07 Å². The zero-order valence-electron chi connectivity index (χ0n) is 12.8. The standard InChI is InChI=1S/C15H18N6O2/c1-23-13-4-2-3-12(9-13)17-15-18-14(10-16-19-15)21-7-5-20(11-22)6-8-21/h2-4,9-11H,5-8H2,1H3,(H,17,18,19). The summed E-state index contributed by atoms with van der Waals surface area (Å²) in [6.45, 7) is 2.84. The van der Waals surface area contributed by atoms with Gasteiger partial charge in [-0.25, -0.2) is 0 Å². The topological polar surface area (TPSA) is 83.5 Å². The van der Waals surface area contributed by atoms with Crippen LogP contribution in [0, 0.1) is 0 Å². The molecule has 1 N–H and O–H groups in total. The van der Waals surface area contributed by atoms with Crippen molar-refractivity contribution in [1.82, 2.24) is 20.1 Å². The molecule has 1 saturated heterocycles. The lowest BCUT2D eigenvalue weighted by molar-refractivity contribution is -0.118. The molecule has 2 heterocycles. The minimum atomic E-state index is 0.425. The van der Waals surface area contributed by atoms with E-state index in [9.17, 15) is 4.79 Å². The van der Waals surface area contributed by atoms with E-state index in [0.29, 0.717) is 19.0 Å². The van der Waals surface area contributed by atoms with Crippen molar-refractivity contribution < 1.29 is 9.53 Å². The third kappa shape index (κ3) is 3.65. The second-order valence-corrected chi connectivity index (χ2v) is 5.12. The third-order valence-electron chi connectivity index (χ3n) is 3.66. The number of ether oxygens (including phenoxy) is 1. The summed E-state index contributed by atoms with van der Waals surface area (Å²) in [5, 5.41) is 11.1. The van der Waals surface area contributed by atoms with Gasteiger partial charge in [-0.2, -0.15) is 10.1 Å². The van der Waals surface area contributed by atoms with Gasteiger partial charge in [-0.3, -0.25) is 4.79 Å². The van der Waals surface area contributed by atoms with Gasteiger partial charge in [0.1, 0.15) is 5.75 Å². The summed E-state index contributed by atoms with van der Waals surface area (Å²) in [4.78, 5) is 19.1. The van der Waals surface area contributed by atoms with Crippen molar-refractivity contribution >= 4 is 23.9 Å². The molecule has 1 aromatic carbocycles. The van der Waals surface area contributed by atoms with Crippen molar-refractivity contribution in [2.24, 2.45) is 0 Å². The lowest BCUT2D eigenvalue weighted by Crippen LogP contribution is -2.46. The highest BCUT2D eigenvalue weighted by Gasteiger charge is 2.17. The number of anilines is 3. The number of piperazine rings is 1. The quantitative estimate of drug-likeness (QED) is 0.821. The minimum absolute atomic E-state index is 0.425. The summed E-state index contributed by atoms with van der Waals surface area (Å²) in [5.74, 6) is 1.92. The number of carbonyl (C=O) groups is 1. The lowest BCUT2D eigenvalue weighted by atomic mass is 10.3. The fraction of sp³-hybridized carbons (Fsp3) is 0.333. The Morgan fingerprint density at radius 1 is 1.26 bits per heavy atom. The van der Waals surface area contributed by atoms with Crippen LogP contribution in [0.15, 0.2) is 30.5 Å². The van der Waals surface area contributed by atoms with Gasteiger partial charge in [0.25, 0.3) is 0 Å². The Kier molecular flexibility index (Phi) is 4.51. The molecule has 8 nitrogen and oxygen atoms in total. The number of benzene rings is 1. The zero-order valence-corrected chi connectivity index (χ0v) is 12.8. The number of amides is 1. The van der Waals surface area contributed by atoms with Crippen LogP contribution >= 0.6 is 0 Å². The van der Waals surface area contributed by atoms with Gasteiger partial charge in [0.05, 0.1) is 13.3 Å². The fourth-order valence-electron chi connectivity index (χ4n) is 2.39. The van der Waals surface area contributed by atoms with Crippen molar-refractivity contribution in [1.29, 1.82) is 0 Å². The van der Waals surface area contributed by atoms with E-state index in [0.717, 1.165) is 36.8 Å². The second kappa shape index (κ2) is 6.91. The van der Waals surface area contributed by atoms with Crippen molar-refractivity contribution in [2.45, 2.75) is 0 Å². The molecule has 0 spiro atoms. The summed E-state index contributed by atoms with van der Waals surface area (Å²) < 4.78 is 5.19. The molecule has 0 saturated carbocycles. The Bertz CT molecular complexity index is 673. The van der Waals surface area contributed by atoms with E-state index in [1.807, 2.05) is 24.3 Å². The molecule has 8 heteroatoms. The molecule has 23 heavy (non-hydrogen) atoms. The first kappa shape index (κ1) is 15.0. The Morgan fingerprint density at radius 2 is 2.09 bits per heavy atom. The maximum absolute atomic E-state index is 10.8. The molecule has 1 aliphatic heterocycles. The van der Waals surface area contributed by atoms with E-state index in [1.165, 1.54) is 0 Å². The van der Waals surface area contributed by atoms with Crippen molar-refractivity contribution in [3.63, 3.8) is 0 Å². The van der Waals surface area contributed by atoms with Crippen molar-refractivity contribution in [3.05, 3.63) is 30.5 Å². The molecular weight excluding hydrogens is 296 g/mol. The zero-order chi connectivity index (χ0) is 16.1. The van der Waals surface area contributed by atoms with Gasteiger partial charge >= 0.3 is 0 Å². The van der Waals surface area contributed by atoms with Crippen molar-refractivity contribution in [2.75, 3.05) is 43.5 Å². The first-order valence-corrected chi connectivity index (χ1v) is 7.33. The number of carbonyl (C=O) groups excluding carboxylic acids is 1. The van der Waals surface area contributed by atoms with E-state index in [2.05, 4.69) is 25.4 Å². The van der Waals surface area contributed by atoms with Crippen LogP contribution in [0.5, 0.6) is 5.75 Å². The first-order valence-electron chi connectivity index (χ1n) is 7.33. The van der Waals surface area contributed by atoms with Crippen LogP contribution in [0.2, 0.25) is 0 Å². The number of methoxy groups -OCH3 is 1. The van der Waals surface area contributed by atoms with E-state index in [-0.39, 0.29) is 0 Å². The molecule has 1 aliphatic rings. The number of hydrogen-bond acceptors (Lipinski definition) is 7. The average molecular weight is 314 g/mol. The molecule has 1 fully saturated rings. The monoisotopic (exact) mass is 314 g/mol.